The van der Waals surface area contributed by atoms with Gasteiger partial charge in [0.25, 0.3) is 5.91 Å². The number of ether oxygens (including phenoxy) is 3. The van der Waals surface area contributed by atoms with Gasteiger partial charge in [-0.15, -0.1) is 5.10 Å². The number of pyridine rings is 1. The molecule has 0 radical (unpaired) electrons. The first-order valence-corrected chi connectivity index (χ1v) is 17.7. The first-order valence-electron chi connectivity index (χ1n) is 17.4. The number of aromatic nitrogens is 3. The minimum atomic E-state index is -0.878. The summed E-state index contributed by atoms with van der Waals surface area (Å²) < 4.78 is 17.5. The maximum absolute atomic E-state index is 13.9. The molecule has 0 aliphatic carbocycles. The highest BCUT2D eigenvalue weighted by molar-refractivity contribution is 6.33. The molecule has 1 aliphatic rings. The van der Waals surface area contributed by atoms with Gasteiger partial charge in [-0.1, -0.05) is 63.5 Å². The molecule has 1 aliphatic heterocycles. The molecule has 1 unspecified atom stereocenters. The van der Waals surface area contributed by atoms with Crippen LogP contribution in [0.5, 0.6) is 0 Å². The number of hydrogen-bond donors (Lipinski definition) is 2. The predicted octanol–water partition coefficient (Wildman–Crippen LogP) is 7.24. The van der Waals surface area contributed by atoms with Gasteiger partial charge in [0.15, 0.2) is 5.82 Å². The van der Waals surface area contributed by atoms with Crippen molar-refractivity contribution in [3.05, 3.63) is 46.7 Å². The van der Waals surface area contributed by atoms with E-state index in [0.717, 1.165) is 17.5 Å². The molecule has 3 aromatic rings. The van der Waals surface area contributed by atoms with Gasteiger partial charge in [0, 0.05) is 29.9 Å². The van der Waals surface area contributed by atoms with Crippen LogP contribution in [0.1, 0.15) is 101 Å². The Balaban J connectivity index is 1.48. The van der Waals surface area contributed by atoms with Gasteiger partial charge in [0.2, 0.25) is 11.8 Å². The lowest BCUT2D eigenvalue weighted by molar-refractivity contribution is -0.117. The number of benzene rings is 1. The van der Waals surface area contributed by atoms with Gasteiger partial charge in [0.1, 0.15) is 18.2 Å². The van der Waals surface area contributed by atoms with Gasteiger partial charge in [-0.05, 0) is 57.9 Å². The van der Waals surface area contributed by atoms with Crippen molar-refractivity contribution in [3.63, 3.8) is 0 Å². The second-order valence-corrected chi connectivity index (χ2v) is 13.8. The van der Waals surface area contributed by atoms with E-state index in [0.29, 0.717) is 28.5 Å². The van der Waals surface area contributed by atoms with E-state index in [1.807, 2.05) is 20.8 Å². The first-order chi connectivity index (χ1) is 23.9. The van der Waals surface area contributed by atoms with E-state index in [9.17, 15) is 14.4 Å². The van der Waals surface area contributed by atoms with Gasteiger partial charge in [-0.2, -0.15) is 9.78 Å². The number of nitrogens with zero attached hydrogens (tertiary/aromatic N) is 5. The Morgan fingerprint density at radius 2 is 1.76 bits per heavy atom. The number of fused-ring (bicyclic) bond motifs is 1. The molecule has 0 saturated heterocycles. The van der Waals surface area contributed by atoms with Crippen LogP contribution in [0.2, 0.25) is 5.02 Å². The van der Waals surface area contributed by atoms with Gasteiger partial charge in [-0.25, -0.2) is 14.8 Å². The van der Waals surface area contributed by atoms with Crippen LogP contribution in [0.3, 0.4) is 0 Å². The maximum atomic E-state index is 13.9. The molecule has 2 aromatic heterocycles. The highest BCUT2D eigenvalue weighted by Gasteiger charge is 2.37. The fraction of sp³-hybridized carbons (Fsp3) is 0.556. The predicted molar refractivity (Wildman–Crippen MR) is 195 cm³/mol. The number of rotatable bonds is 16. The third kappa shape index (κ3) is 10.4. The molecular formula is C36H50ClN7O6. The molecule has 0 fully saturated rings. The van der Waals surface area contributed by atoms with Gasteiger partial charge in [0.05, 0.1) is 36.4 Å². The zero-order valence-electron chi connectivity index (χ0n) is 30.0. The lowest BCUT2D eigenvalue weighted by Gasteiger charge is -2.25. The quantitative estimate of drug-likeness (QED) is 0.147. The summed E-state index contributed by atoms with van der Waals surface area (Å²) in [6.45, 7) is 10.5. The second-order valence-electron chi connectivity index (χ2n) is 13.4. The molecule has 2 amide bonds. The molecule has 14 heteroatoms. The topological polar surface area (TPSA) is 149 Å². The summed E-state index contributed by atoms with van der Waals surface area (Å²) in [4.78, 5) is 45.1. The van der Waals surface area contributed by atoms with Crippen molar-refractivity contribution in [2.45, 2.75) is 104 Å². The second kappa shape index (κ2) is 18.1. The summed E-state index contributed by atoms with van der Waals surface area (Å²) in [7, 11) is 1.47. The van der Waals surface area contributed by atoms with Crippen molar-refractivity contribution < 1.29 is 28.6 Å². The fourth-order valence-electron chi connectivity index (χ4n) is 5.64. The first kappa shape index (κ1) is 38.6. The van der Waals surface area contributed by atoms with Crippen molar-refractivity contribution >= 4 is 57.8 Å². The van der Waals surface area contributed by atoms with Gasteiger partial charge in [-0.3, -0.25) is 9.59 Å². The zero-order chi connectivity index (χ0) is 36.3. The Morgan fingerprint density at radius 1 is 1.04 bits per heavy atom. The van der Waals surface area contributed by atoms with Crippen molar-refractivity contribution in [1.29, 1.82) is 0 Å². The number of carbonyl (C=O) groups is 3. The highest BCUT2D eigenvalue weighted by atomic mass is 35.5. The van der Waals surface area contributed by atoms with E-state index < -0.39 is 29.5 Å². The summed E-state index contributed by atoms with van der Waals surface area (Å²) >= 11 is 6.40. The van der Waals surface area contributed by atoms with E-state index in [1.54, 1.807) is 31.3 Å². The third-order valence-electron chi connectivity index (χ3n) is 8.12. The molecule has 4 rings (SSSR count). The van der Waals surface area contributed by atoms with Crippen molar-refractivity contribution in [2.75, 3.05) is 37.3 Å². The number of nitrogens with one attached hydrogen (secondary N) is 2. The van der Waals surface area contributed by atoms with Crippen LogP contribution in [-0.2, 0) is 19.0 Å². The largest absolute Gasteiger partial charge is 0.483 e. The maximum Gasteiger partial charge on any atom is 0.434 e. The summed E-state index contributed by atoms with van der Waals surface area (Å²) in [5.74, 6) is -0.337. The molecule has 272 valence electrons. The SMILES string of the molecule is CCCCCCCCCCOCCOC(=O)n1cc2cc(C)c(NC(=O)C3CC(OC)=NN3c3ncccc3Cl)c(C(=O)NC(C)(C)C)c2n1. The number of hydrogen-bond acceptors (Lipinski definition) is 10. The monoisotopic (exact) mass is 711 g/mol. The van der Waals surface area contributed by atoms with E-state index in [-0.39, 0.29) is 42.2 Å². The molecule has 13 nitrogen and oxygen atoms in total. The average molecular weight is 712 g/mol. The van der Waals surface area contributed by atoms with E-state index in [2.05, 4.69) is 32.7 Å². The van der Waals surface area contributed by atoms with Crippen LogP contribution in [0.4, 0.5) is 16.3 Å². The molecule has 0 spiro atoms. The van der Waals surface area contributed by atoms with Crippen LogP contribution in [0, 0.1) is 6.92 Å². The smallest absolute Gasteiger partial charge is 0.434 e. The summed E-state index contributed by atoms with van der Waals surface area (Å²) in [5.41, 5.74) is 0.553. The number of anilines is 2. The molecular weight excluding hydrogens is 662 g/mol. The van der Waals surface area contributed by atoms with Crippen molar-refractivity contribution in [3.8, 4) is 0 Å². The van der Waals surface area contributed by atoms with Crippen molar-refractivity contribution in [2.24, 2.45) is 5.10 Å². The Bertz CT molecular complexity index is 1670. The number of aryl methyl sites for hydroxylation is 1. The summed E-state index contributed by atoms with van der Waals surface area (Å²) in [6, 6.07) is 4.20. The van der Waals surface area contributed by atoms with Crippen LogP contribution < -0.4 is 15.6 Å². The minimum Gasteiger partial charge on any atom is -0.483 e. The third-order valence-corrected chi connectivity index (χ3v) is 8.41. The standard InChI is InChI=1S/C36H50ClN7O6/c1-7-8-9-10-11-12-13-14-18-49-19-20-50-35(47)43-23-25-21-24(2)30(29(31(25)42-43)34(46)40-36(3,4)5)39-33(45)27-22-28(48-6)41-44(27)32-26(37)16-15-17-38-32/h15-17,21,23,27H,7-14,18-20,22H2,1-6H3,(H,39,45)(H,40,46). The number of hydrazone groups is 1. The number of amides is 2. The minimum absolute atomic E-state index is 0.0630. The number of unbranched alkanes of at least 4 members (excludes halogenated alkanes) is 7. The fourth-order valence-corrected chi connectivity index (χ4v) is 5.85. The molecule has 1 atom stereocenters. The Labute approximate surface area is 299 Å². The number of halogens is 1. The zero-order valence-corrected chi connectivity index (χ0v) is 30.8. The number of carbonyl (C=O) groups excluding carboxylic acids is 3. The molecule has 0 saturated carbocycles. The van der Waals surface area contributed by atoms with Gasteiger partial charge < -0.3 is 24.8 Å². The molecule has 50 heavy (non-hydrogen) atoms. The van der Waals surface area contributed by atoms with Gasteiger partial charge >= 0.3 is 6.09 Å². The van der Waals surface area contributed by atoms with E-state index >= 15 is 0 Å². The average Bonchev–Trinajstić information content (AvgIpc) is 3.69. The van der Waals surface area contributed by atoms with Crippen molar-refractivity contribution in [1.82, 2.24) is 20.1 Å². The Hall–Kier alpha value is -4.23. The van der Waals surface area contributed by atoms with E-state index in [4.69, 9.17) is 25.8 Å². The Morgan fingerprint density at radius 3 is 2.44 bits per heavy atom. The van der Waals surface area contributed by atoms with Crippen LogP contribution in [-0.4, -0.2) is 77.1 Å². The highest BCUT2D eigenvalue weighted by Crippen LogP contribution is 2.33. The summed E-state index contributed by atoms with van der Waals surface area (Å²) in [5, 5.41) is 17.0. The van der Waals surface area contributed by atoms with Crippen LogP contribution in [0.15, 0.2) is 35.7 Å². The lowest BCUT2D eigenvalue weighted by Crippen LogP contribution is -2.42. The van der Waals surface area contributed by atoms with Crippen LogP contribution >= 0.6 is 11.6 Å². The van der Waals surface area contributed by atoms with Crippen LogP contribution in [0.25, 0.3) is 10.9 Å². The van der Waals surface area contributed by atoms with E-state index in [1.165, 1.54) is 56.8 Å². The molecule has 0 bridgehead atoms. The molecule has 1 aromatic carbocycles. The lowest BCUT2D eigenvalue weighted by atomic mass is 10.0. The summed E-state index contributed by atoms with van der Waals surface area (Å²) in [6.07, 6.45) is 12.2. The normalized spacial score (nSPS) is 14.5. The molecule has 3 heterocycles. The Kier molecular flexibility index (Phi) is 14.0. The number of methoxy groups -OCH3 is 1. The molecule has 2 N–H and O–H groups in total.